The van der Waals surface area contributed by atoms with E-state index in [9.17, 15) is 0 Å². The van der Waals surface area contributed by atoms with Crippen molar-refractivity contribution >= 4 is 7.28 Å². The fraction of sp³-hybridized carbons (Fsp3) is 1.00. The van der Waals surface area contributed by atoms with E-state index in [0.717, 1.165) is 0 Å². The first-order valence-corrected chi connectivity index (χ1v) is 2.92. The zero-order valence-electron chi connectivity index (χ0n) is 5.57. The fourth-order valence-electron chi connectivity index (χ4n) is 0.474. The van der Waals surface area contributed by atoms with Crippen LogP contribution in [0.25, 0.3) is 0 Å². The van der Waals surface area contributed by atoms with E-state index in [4.69, 9.17) is 0 Å². The van der Waals surface area contributed by atoms with E-state index >= 15 is 0 Å². The Labute approximate surface area is 46.9 Å². The Morgan fingerprint density at radius 1 is 1.43 bits per heavy atom. The summed E-state index contributed by atoms with van der Waals surface area (Å²) in [5.74, 6) is 0. The lowest BCUT2D eigenvalue weighted by molar-refractivity contribution is 0.433. The van der Waals surface area contributed by atoms with E-state index in [0.29, 0.717) is 0 Å². The predicted octanol–water partition coefficient (Wildman–Crippen LogP) is 0.451. The van der Waals surface area contributed by atoms with E-state index in [1.54, 1.807) is 0 Å². The quantitative estimate of drug-likeness (QED) is 0.464. The molecule has 1 nitrogen and oxygen atoms in total. The minimum atomic E-state index is 1.23. The Hall–Kier alpha value is 0.0249. The van der Waals surface area contributed by atoms with Crippen molar-refractivity contribution < 1.29 is 0 Å². The van der Waals surface area contributed by atoms with Gasteiger partial charge in [0.15, 0.2) is 0 Å². The van der Waals surface area contributed by atoms with Gasteiger partial charge in [0.05, 0.1) is 0 Å². The van der Waals surface area contributed by atoms with Crippen LogP contribution in [0.4, 0.5) is 0 Å². The topological polar surface area (TPSA) is 3.24 Å². The molecule has 0 amide bonds. The summed E-state index contributed by atoms with van der Waals surface area (Å²) in [7, 11) is 5.52. The third-order valence-corrected chi connectivity index (χ3v) is 0.959. The van der Waals surface area contributed by atoms with E-state index in [-0.39, 0.29) is 0 Å². The second-order valence-electron chi connectivity index (χ2n) is 2.16. The van der Waals surface area contributed by atoms with Crippen molar-refractivity contribution in [3.63, 3.8) is 0 Å². The largest absolute Gasteiger partial charge is 0.310 e. The first kappa shape index (κ1) is 7.02. The molecule has 0 aromatic rings. The number of hydrogen-bond acceptors (Lipinski definition) is 1. The molecule has 0 aliphatic carbocycles. The van der Waals surface area contributed by atoms with Crippen LogP contribution in [-0.2, 0) is 0 Å². The summed E-state index contributed by atoms with van der Waals surface area (Å²) in [6.45, 7) is 3.44. The van der Waals surface area contributed by atoms with Crippen LogP contribution in [-0.4, -0.2) is 32.8 Å². The smallest absolute Gasteiger partial charge is 0.119 e. The molecule has 0 bridgehead atoms. The molecule has 42 valence electrons. The number of hydrogen-bond donors (Lipinski definition) is 0. The Morgan fingerprint density at radius 3 is 2.14 bits per heavy atom. The van der Waals surface area contributed by atoms with Crippen molar-refractivity contribution in [3.8, 4) is 0 Å². The Bertz CT molecular complexity index is 37.1. The number of nitrogens with zero attached hydrogens (tertiary/aromatic N) is 1. The van der Waals surface area contributed by atoms with Crippen LogP contribution in [0.15, 0.2) is 0 Å². The van der Waals surface area contributed by atoms with Crippen molar-refractivity contribution in [2.24, 2.45) is 0 Å². The van der Waals surface area contributed by atoms with E-state index < -0.39 is 0 Å². The molecular formula is C5H14BN. The van der Waals surface area contributed by atoms with E-state index in [1.165, 1.54) is 20.1 Å². The molecule has 0 aliphatic heterocycles. The molecule has 0 fully saturated rings. The lowest BCUT2D eigenvalue weighted by atomic mass is 9.78. The highest BCUT2D eigenvalue weighted by molar-refractivity contribution is 6.33. The lowest BCUT2D eigenvalue weighted by Gasteiger charge is -2.05. The van der Waals surface area contributed by atoms with Gasteiger partial charge in [-0.15, -0.1) is 0 Å². The molecule has 0 saturated carbocycles. The van der Waals surface area contributed by atoms with Crippen LogP contribution < -0.4 is 0 Å². The average molecular weight is 99.0 g/mol. The minimum absolute atomic E-state index is 1.23. The van der Waals surface area contributed by atoms with E-state index in [1.807, 2.05) is 0 Å². The van der Waals surface area contributed by atoms with Gasteiger partial charge in [-0.25, -0.2) is 0 Å². The van der Waals surface area contributed by atoms with Crippen LogP contribution in [0.1, 0.15) is 0 Å². The van der Waals surface area contributed by atoms with Gasteiger partial charge in [-0.1, -0.05) is 13.1 Å². The van der Waals surface area contributed by atoms with Gasteiger partial charge in [0.2, 0.25) is 0 Å². The molecule has 0 heterocycles. The zero-order chi connectivity index (χ0) is 5.70. The normalized spacial score (nSPS) is 9.71. The fourth-order valence-corrected chi connectivity index (χ4v) is 0.474. The third kappa shape index (κ3) is 6.02. The van der Waals surface area contributed by atoms with Gasteiger partial charge < -0.3 is 4.90 Å². The minimum Gasteiger partial charge on any atom is -0.310 e. The molecule has 0 rings (SSSR count). The van der Waals surface area contributed by atoms with Gasteiger partial charge in [0.1, 0.15) is 7.28 Å². The van der Waals surface area contributed by atoms with Crippen molar-refractivity contribution in [2.45, 2.75) is 13.1 Å². The maximum atomic E-state index is 2.21. The molecule has 0 radical (unpaired) electrons. The van der Waals surface area contributed by atoms with Gasteiger partial charge in [0, 0.05) is 0 Å². The van der Waals surface area contributed by atoms with Crippen molar-refractivity contribution in [1.82, 2.24) is 4.90 Å². The van der Waals surface area contributed by atoms with Crippen LogP contribution in [0.5, 0.6) is 0 Å². The third-order valence-electron chi connectivity index (χ3n) is 0.959. The Kier molecular flexibility index (Phi) is 4.21. The summed E-state index contributed by atoms with van der Waals surface area (Å²) >= 11 is 0. The average Bonchev–Trinajstić information content (AvgIpc) is 1.61. The first-order valence-electron chi connectivity index (χ1n) is 2.92. The maximum absolute atomic E-state index is 2.21. The Balaban J connectivity index is 2.68. The Morgan fingerprint density at radius 2 is 2.00 bits per heavy atom. The summed E-state index contributed by atoms with van der Waals surface area (Å²) in [6.07, 6.45) is 1.33. The highest BCUT2D eigenvalue weighted by Crippen LogP contribution is 1.79. The van der Waals surface area contributed by atoms with Gasteiger partial charge >= 0.3 is 0 Å². The summed E-state index contributed by atoms with van der Waals surface area (Å²) in [4.78, 5) is 2.21. The second-order valence-corrected chi connectivity index (χ2v) is 2.16. The highest BCUT2D eigenvalue weighted by Gasteiger charge is 1.85. The molecule has 0 atom stereocenters. The molecular weight excluding hydrogens is 84.9 g/mol. The van der Waals surface area contributed by atoms with Crippen LogP contribution >= 0.6 is 0 Å². The molecule has 0 aliphatic rings. The maximum Gasteiger partial charge on any atom is 0.119 e. The summed E-state index contributed by atoms with van der Waals surface area (Å²) in [5.41, 5.74) is 0. The van der Waals surface area contributed by atoms with Crippen molar-refractivity contribution in [3.05, 3.63) is 0 Å². The van der Waals surface area contributed by atoms with Gasteiger partial charge in [-0.2, -0.15) is 0 Å². The lowest BCUT2D eigenvalue weighted by Crippen LogP contribution is -2.13. The summed E-state index contributed by atoms with van der Waals surface area (Å²) in [6, 6.07) is 0. The standard InChI is InChI=1S/C5H14BN/c1-6-4-5-7(2)3/h6H,4-5H2,1-3H3. The molecule has 0 aromatic carbocycles. The first-order chi connectivity index (χ1) is 3.27. The van der Waals surface area contributed by atoms with Gasteiger partial charge in [-0.3, -0.25) is 0 Å². The van der Waals surface area contributed by atoms with E-state index in [2.05, 4.69) is 25.8 Å². The molecule has 0 spiro atoms. The van der Waals surface area contributed by atoms with Crippen LogP contribution in [0, 0.1) is 0 Å². The molecule has 0 N–H and O–H groups in total. The molecule has 2 heteroatoms. The zero-order valence-corrected chi connectivity index (χ0v) is 5.57. The molecule has 7 heavy (non-hydrogen) atoms. The highest BCUT2D eigenvalue weighted by atomic mass is 15.0. The van der Waals surface area contributed by atoms with Gasteiger partial charge in [0.25, 0.3) is 0 Å². The monoisotopic (exact) mass is 99.1 g/mol. The summed E-state index contributed by atoms with van der Waals surface area (Å²) < 4.78 is 0. The van der Waals surface area contributed by atoms with Crippen molar-refractivity contribution in [2.75, 3.05) is 20.6 Å². The van der Waals surface area contributed by atoms with Crippen LogP contribution in [0.2, 0.25) is 13.1 Å². The second kappa shape index (κ2) is 4.19. The van der Waals surface area contributed by atoms with Gasteiger partial charge in [-0.05, 0) is 20.6 Å². The predicted molar refractivity (Wildman–Crippen MR) is 36.4 cm³/mol. The van der Waals surface area contributed by atoms with Crippen LogP contribution in [0.3, 0.4) is 0 Å². The molecule has 0 unspecified atom stereocenters. The SMILES string of the molecule is CBCCN(C)C. The molecule has 0 aromatic heterocycles. The molecule has 0 saturated heterocycles. The number of rotatable bonds is 3. The summed E-state index contributed by atoms with van der Waals surface area (Å²) in [5, 5.41) is 0. The van der Waals surface area contributed by atoms with Crippen molar-refractivity contribution in [1.29, 1.82) is 0 Å².